The van der Waals surface area contributed by atoms with Crippen molar-refractivity contribution in [3.05, 3.63) is 29.3 Å². The van der Waals surface area contributed by atoms with Gasteiger partial charge in [-0.1, -0.05) is 22.0 Å². The molecule has 1 amide bonds. The van der Waals surface area contributed by atoms with Crippen LogP contribution in [0.3, 0.4) is 0 Å². The highest BCUT2D eigenvalue weighted by Gasteiger charge is 2.29. The van der Waals surface area contributed by atoms with E-state index in [9.17, 15) is 9.90 Å². The molecule has 2 atom stereocenters. The normalized spacial score (nSPS) is 23.4. The Balaban J connectivity index is 2.19. The minimum atomic E-state index is -0.0583. The van der Waals surface area contributed by atoms with Gasteiger partial charge in [0.05, 0.1) is 18.8 Å². The first-order valence-corrected chi connectivity index (χ1v) is 7.43. The zero-order valence-corrected chi connectivity index (χ0v) is 12.7. The summed E-state index contributed by atoms with van der Waals surface area (Å²) in [5, 5.41) is 10.4. The van der Waals surface area contributed by atoms with Crippen molar-refractivity contribution in [1.82, 2.24) is 4.90 Å². The van der Waals surface area contributed by atoms with Crippen LogP contribution in [0.15, 0.2) is 18.2 Å². The molecular formula is C14H18BrNO3. The highest BCUT2D eigenvalue weighted by atomic mass is 79.9. The van der Waals surface area contributed by atoms with Crippen molar-refractivity contribution < 1.29 is 14.6 Å². The summed E-state index contributed by atoms with van der Waals surface area (Å²) in [5.41, 5.74) is 1.29. The average molecular weight is 328 g/mol. The maximum atomic E-state index is 12.5. The lowest BCUT2D eigenvalue weighted by Gasteiger charge is -2.37. The number of morpholine rings is 1. The predicted molar refractivity (Wildman–Crippen MR) is 76.9 cm³/mol. The molecule has 1 saturated heterocycles. The molecule has 0 saturated carbocycles. The zero-order valence-electron chi connectivity index (χ0n) is 11.1. The van der Waals surface area contributed by atoms with Gasteiger partial charge in [-0.25, -0.2) is 0 Å². The van der Waals surface area contributed by atoms with E-state index in [0.717, 1.165) is 5.56 Å². The highest BCUT2D eigenvalue weighted by Crippen LogP contribution is 2.21. The Morgan fingerprint density at radius 2 is 2.32 bits per heavy atom. The number of aromatic hydroxyl groups is 1. The zero-order chi connectivity index (χ0) is 14.0. The summed E-state index contributed by atoms with van der Waals surface area (Å²) in [5.74, 6) is 0.0980. The van der Waals surface area contributed by atoms with Crippen LogP contribution in [-0.4, -0.2) is 46.5 Å². The number of halogens is 1. The molecule has 1 heterocycles. The predicted octanol–water partition coefficient (Wildman–Crippen LogP) is 2.33. The molecule has 19 heavy (non-hydrogen) atoms. The van der Waals surface area contributed by atoms with Crippen LogP contribution in [0.25, 0.3) is 0 Å². The van der Waals surface area contributed by atoms with Gasteiger partial charge in [0.2, 0.25) is 0 Å². The van der Waals surface area contributed by atoms with Gasteiger partial charge in [0.1, 0.15) is 5.75 Å². The fourth-order valence-corrected chi connectivity index (χ4v) is 2.49. The molecule has 1 aromatic rings. The van der Waals surface area contributed by atoms with E-state index in [-0.39, 0.29) is 23.8 Å². The lowest BCUT2D eigenvalue weighted by atomic mass is 10.1. The SMILES string of the molecule is Cc1ccc(C(=O)N2CC(CBr)OCC2C)cc1O. The summed E-state index contributed by atoms with van der Waals surface area (Å²) >= 11 is 3.38. The van der Waals surface area contributed by atoms with E-state index in [4.69, 9.17) is 4.74 Å². The van der Waals surface area contributed by atoms with Gasteiger partial charge in [-0.2, -0.15) is 0 Å². The molecule has 0 aliphatic carbocycles. The largest absolute Gasteiger partial charge is 0.508 e. The van der Waals surface area contributed by atoms with Gasteiger partial charge < -0.3 is 14.7 Å². The van der Waals surface area contributed by atoms with E-state index in [1.54, 1.807) is 17.0 Å². The van der Waals surface area contributed by atoms with Gasteiger partial charge in [0.15, 0.2) is 0 Å². The molecule has 1 aliphatic rings. The van der Waals surface area contributed by atoms with Crippen molar-refractivity contribution in [2.24, 2.45) is 0 Å². The van der Waals surface area contributed by atoms with Crippen LogP contribution in [0, 0.1) is 6.92 Å². The number of aryl methyl sites for hydroxylation is 1. The van der Waals surface area contributed by atoms with Gasteiger partial charge in [0.25, 0.3) is 5.91 Å². The molecule has 0 bridgehead atoms. The monoisotopic (exact) mass is 327 g/mol. The number of phenolic OH excluding ortho intramolecular Hbond substituents is 1. The number of ether oxygens (including phenoxy) is 1. The topological polar surface area (TPSA) is 49.8 Å². The fourth-order valence-electron chi connectivity index (χ4n) is 2.10. The molecule has 1 aromatic carbocycles. The number of phenols is 1. The number of rotatable bonds is 2. The van der Waals surface area contributed by atoms with Gasteiger partial charge in [-0.3, -0.25) is 4.79 Å². The number of hydrogen-bond acceptors (Lipinski definition) is 3. The number of carbonyl (C=O) groups is 1. The first-order valence-electron chi connectivity index (χ1n) is 6.31. The second-order valence-electron chi connectivity index (χ2n) is 4.92. The second kappa shape index (κ2) is 5.92. The number of alkyl halides is 1. The van der Waals surface area contributed by atoms with Crippen molar-refractivity contribution in [3.8, 4) is 5.75 Å². The quantitative estimate of drug-likeness (QED) is 0.848. The summed E-state index contributed by atoms with van der Waals surface area (Å²) in [4.78, 5) is 14.3. The van der Waals surface area contributed by atoms with E-state index >= 15 is 0 Å². The maximum absolute atomic E-state index is 12.5. The van der Waals surface area contributed by atoms with E-state index in [1.165, 1.54) is 6.07 Å². The van der Waals surface area contributed by atoms with E-state index < -0.39 is 0 Å². The summed E-state index contributed by atoms with van der Waals surface area (Å²) in [6, 6.07) is 5.09. The van der Waals surface area contributed by atoms with Gasteiger partial charge >= 0.3 is 0 Å². The number of amides is 1. The van der Waals surface area contributed by atoms with Crippen LogP contribution in [0.5, 0.6) is 5.75 Å². The van der Waals surface area contributed by atoms with E-state index in [1.807, 2.05) is 13.8 Å². The maximum Gasteiger partial charge on any atom is 0.254 e. The molecule has 1 aliphatic heterocycles. The number of benzene rings is 1. The van der Waals surface area contributed by atoms with Crippen molar-refractivity contribution in [2.45, 2.75) is 26.0 Å². The van der Waals surface area contributed by atoms with Crippen molar-refractivity contribution in [1.29, 1.82) is 0 Å². The Bertz CT molecular complexity index is 478. The molecule has 2 rings (SSSR count). The van der Waals surface area contributed by atoms with Crippen LogP contribution in [-0.2, 0) is 4.74 Å². The molecular weight excluding hydrogens is 310 g/mol. The van der Waals surface area contributed by atoms with Crippen LogP contribution < -0.4 is 0 Å². The first kappa shape index (κ1) is 14.3. The lowest BCUT2D eigenvalue weighted by Crippen LogP contribution is -2.51. The number of carbonyl (C=O) groups excluding carboxylic acids is 1. The molecule has 0 spiro atoms. The standard InChI is InChI=1S/C14H18BrNO3/c1-9-3-4-11(5-13(9)17)14(18)16-7-12(6-15)19-8-10(16)2/h3-5,10,12,17H,6-8H2,1-2H3. The molecule has 2 unspecified atom stereocenters. The van der Waals surface area contributed by atoms with Gasteiger partial charge in [0, 0.05) is 17.4 Å². The molecule has 5 heteroatoms. The van der Waals surface area contributed by atoms with Crippen LogP contribution in [0.1, 0.15) is 22.8 Å². The smallest absolute Gasteiger partial charge is 0.254 e. The molecule has 104 valence electrons. The fraction of sp³-hybridized carbons (Fsp3) is 0.500. The summed E-state index contributed by atoms with van der Waals surface area (Å²) < 4.78 is 5.61. The third-order valence-corrected chi connectivity index (χ3v) is 4.12. The first-order chi connectivity index (χ1) is 9.02. The Hall–Kier alpha value is -1.07. The van der Waals surface area contributed by atoms with Gasteiger partial charge in [-0.05, 0) is 31.5 Å². The van der Waals surface area contributed by atoms with Gasteiger partial charge in [-0.15, -0.1) is 0 Å². The van der Waals surface area contributed by atoms with Crippen molar-refractivity contribution in [3.63, 3.8) is 0 Å². The molecule has 0 aromatic heterocycles. The Morgan fingerprint density at radius 3 is 2.95 bits per heavy atom. The minimum Gasteiger partial charge on any atom is -0.508 e. The third kappa shape index (κ3) is 3.09. The summed E-state index contributed by atoms with van der Waals surface area (Å²) in [6.07, 6.45) is 0.0270. The highest BCUT2D eigenvalue weighted by molar-refractivity contribution is 9.09. The average Bonchev–Trinajstić information content (AvgIpc) is 2.41. The van der Waals surface area contributed by atoms with Crippen LogP contribution >= 0.6 is 15.9 Å². The Morgan fingerprint density at radius 1 is 1.58 bits per heavy atom. The molecule has 1 fully saturated rings. The Kier molecular flexibility index (Phi) is 4.47. The van der Waals surface area contributed by atoms with Crippen molar-refractivity contribution >= 4 is 21.8 Å². The number of hydrogen-bond donors (Lipinski definition) is 1. The third-order valence-electron chi connectivity index (χ3n) is 3.39. The van der Waals surface area contributed by atoms with E-state index in [2.05, 4.69) is 15.9 Å². The lowest BCUT2D eigenvalue weighted by molar-refractivity contribution is -0.0361. The number of nitrogens with zero attached hydrogens (tertiary/aromatic N) is 1. The Labute approximate surface area is 121 Å². The minimum absolute atomic E-state index is 0.0270. The second-order valence-corrected chi connectivity index (χ2v) is 5.56. The van der Waals surface area contributed by atoms with E-state index in [0.29, 0.717) is 24.0 Å². The molecule has 4 nitrogen and oxygen atoms in total. The van der Waals surface area contributed by atoms with Crippen molar-refractivity contribution in [2.75, 3.05) is 18.5 Å². The van der Waals surface area contributed by atoms with Crippen LogP contribution in [0.2, 0.25) is 0 Å². The summed E-state index contributed by atoms with van der Waals surface area (Å²) in [6.45, 7) is 4.89. The molecule has 1 N–H and O–H groups in total. The molecule has 0 radical (unpaired) electrons. The summed E-state index contributed by atoms with van der Waals surface area (Å²) in [7, 11) is 0. The van der Waals surface area contributed by atoms with Crippen LogP contribution in [0.4, 0.5) is 0 Å².